The molecule has 0 aliphatic carbocycles. The summed E-state index contributed by atoms with van der Waals surface area (Å²) < 4.78 is 16.5. The highest BCUT2D eigenvalue weighted by atomic mass is 127. The number of nitrogens with zero attached hydrogens (tertiary/aromatic N) is 2. The Morgan fingerprint density at radius 1 is 1.24 bits per heavy atom. The van der Waals surface area contributed by atoms with Crippen molar-refractivity contribution in [2.75, 3.05) is 60.2 Å². The van der Waals surface area contributed by atoms with Gasteiger partial charge in [0, 0.05) is 46.0 Å². The molecule has 0 radical (unpaired) electrons. The Kier molecular flexibility index (Phi) is 14.0. The zero-order valence-corrected chi connectivity index (χ0v) is 20.3. The zero-order chi connectivity index (χ0) is 20.0. The van der Waals surface area contributed by atoms with Crippen molar-refractivity contribution in [1.29, 1.82) is 0 Å². The van der Waals surface area contributed by atoms with Gasteiger partial charge in [0.1, 0.15) is 12.4 Å². The number of halogens is 1. The molecule has 0 aromatic heterocycles. The number of guanidine groups is 1. The lowest BCUT2D eigenvalue weighted by atomic mass is 10.1. The minimum atomic E-state index is 0. The normalized spacial score (nSPS) is 15.1. The molecule has 1 heterocycles. The van der Waals surface area contributed by atoms with Crippen LogP contribution < -0.4 is 15.4 Å². The first-order chi connectivity index (χ1) is 13.7. The van der Waals surface area contributed by atoms with E-state index in [4.69, 9.17) is 14.2 Å². The van der Waals surface area contributed by atoms with Crippen molar-refractivity contribution >= 4 is 29.9 Å². The Morgan fingerprint density at radius 3 is 2.76 bits per heavy atom. The summed E-state index contributed by atoms with van der Waals surface area (Å²) in [5.74, 6) is 1.69. The van der Waals surface area contributed by atoms with Crippen LogP contribution in [-0.4, -0.2) is 77.1 Å². The van der Waals surface area contributed by atoms with Crippen LogP contribution in [0, 0.1) is 0 Å². The third-order valence-electron chi connectivity index (χ3n) is 4.79. The van der Waals surface area contributed by atoms with E-state index in [-0.39, 0.29) is 24.0 Å². The Morgan fingerprint density at radius 2 is 2.03 bits per heavy atom. The average Bonchev–Trinajstić information content (AvgIpc) is 2.73. The predicted molar refractivity (Wildman–Crippen MR) is 129 cm³/mol. The fourth-order valence-electron chi connectivity index (χ4n) is 3.13. The quantitative estimate of drug-likeness (QED) is 0.202. The lowest BCUT2D eigenvalue weighted by Crippen LogP contribution is -2.38. The fraction of sp³-hybridized carbons (Fsp3) is 0.667. The van der Waals surface area contributed by atoms with Crippen LogP contribution in [0.4, 0.5) is 0 Å². The molecule has 1 aliphatic rings. The van der Waals surface area contributed by atoms with Crippen molar-refractivity contribution in [2.24, 2.45) is 4.99 Å². The van der Waals surface area contributed by atoms with E-state index in [1.165, 1.54) is 0 Å². The summed E-state index contributed by atoms with van der Waals surface area (Å²) in [7, 11) is 3.86. The summed E-state index contributed by atoms with van der Waals surface area (Å²) in [5, 5.41) is 6.49. The highest BCUT2D eigenvalue weighted by Gasteiger charge is 2.17. The number of likely N-dealkylation sites (N-methyl/N-ethyl adjacent to an activating group) is 1. The van der Waals surface area contributed by atoms with E-state index in [2.05, 4.69) is 46.6 Å². The molecule has 2 N–H and O–H groups in total. The van der Waals surface area contributed by atoms with E-state index in [0.717, 1.165) is 63.0 Å². The highest BCUT2D eigenvalue weighted by Crippen LogP contribution is 2.15. The van der Waals surface area contributed by atoms with Crippen LogP contribution in [0.2, 0.25) is 0 Å². The van der Waals surface area contributed by atoms with Gasteiger partial charge in [-0.15, -0.1) is 24.0 Å². The molecule has 2 rings (SSSR count). The van der Waals surface area contributed by atoms with Crippen LogP contribution >= 0.6 is 24.0 Å². The first kappa shape index (κ1) is 25.9. The number of methoxy groups -OCH3 is 1. The van der Waals surface area contributed by atoms with Crippen molar-refractivity contribution in [3.63, 3.8) is 0 Å². The molecule has 1 aromatic rings. The number of hydrogen-bond acceptors (Lipinski definition) is 5. The maximum Gasteiger partial charge on any atom is 0.191 e. The molecule has 0 amide bonds. The summed E-state index contributed by atoms with van der Waals surface area (Å²) in [6.07, 6.45) is 2.22. The van der Waals surface area contributed by atoms with Crippen molar-refractivity contribution in [3.8, 4) is 5.75 Å². The lowest BCUT2D eigenvalue weighted by Gasteiger charge is -2.31. The van der Waals surface area contributed by atoms with E-state index < -0.39 is 0 Å². The second-order valence-corrected chi connectivity index (χ2v) is 6.93. The third kappa shape index (κ3) is 10.5. The average molecular weight is 520 g/mol. The molecule has 166 valence electrons. The van der Waals surface area contributed by atoms with Crippen molar-refractivity contribution in [1.82, 2.24) is 15.5 Å². The number of rotatable bonds is 11. The summed E-state index contributed by atoms with van der Waals surface area (Å²) >= 11 is 0. The van der Waals surface area contributed by atoms with Gasteiger partial charge in [0.25, 0.3) is 0 Å². The summed E-state index contributed by atoms with van der Waals surface area (Å²) in [4.78, 5) is 7.01. The minimum absolute atomic E-state index is 0. The van der Waals surface area contributed by atoms with Gasteiger partial charge in [0.2, 0.25) is 0 Å². The topological polar surface area (TPSA) is 67.4 Å². The molecule has 8 heteroatoms. The van der Waals surface area contributed by atoms with Gasteiger partial charge in [-0.3, -0.25) is 4.90 Å². The molecular formula is C21H37IN4O3. The number of aliphatic imine (C=N–C) groups is 1. The van der Waals surface area contributed by atoms with Crippen LogP contribution in [0.3, 0.4) is 0 Å². The van der Waals surface area contributed by atoms with Gasteiger partial charge in [0.05, 0.1) is 13.2 Å². The van der Waals surface area contributed by atoms with E-state index >= 15 is 0 Å². The molecule has 0 atom stereocenters. The highest BCUT2D eigenvalue weighted by molar-refractivity contribution is 14.0. The summed E-state index contributed by atoms with van der Waals surface area (Å²) in [6, 6.07) is 8.77. The van der Waals surface area contributed by atoms with E-state index in [1.807, 2.05) is 12.1 Å². The number of hydrogen-bond donors (Lipinski definition) is 2. The van der Waals surface area contributed by atoms with Crippen LogP contribution in [0.15, 0.2) is 29.3 Å². The van der Waals surface area contributed by atoms with Crippen LogP contribution in [0.25, 0.3) is 0 Å². The molecule has 1 aromatic carbocycles. The van der Waals surface area contributed by atoms with E-state index in [9.17, 15) is 0 Å². The number of nitrogens with one attached hydrogen (secondary N) is 2. The van der Waals surface area contributed by atoms with Gasteiger partial charge in [-0.05, 0) is 44.5 Å². The molecular weight excluding hydrogens is 483 g/mol. The molecule has 1 fully saturated rings. The van der Waals surface area contributed by atoms with Gasteiger partial charge in [-0.25, -0.2) is 4.99 Å². The first-order valence-electron chi connectivity index (χ1n) is 10.2. The van der Waals surface area contributed by atoms with Crippen LogP contribution in [0.5, 0.6) is 5.75 Å². The Hall–Kier alpha value is -1.10. The molecule has 0 spiro atoms. The molecule has 29 heavy (non-hydrogen) atoms. The fourth-order valence-corrected chi connectivity index (χ4v) is 3.13. The maximum absolute atomic E-state index is 5.97. The Balaban J connectivity index is 0.00000420. The van der Waals surface area contributed by atoms with Crippen molar-refractivity contribution < 1.29 is 14.2 Å². The van der Waals surface area contributed by atoms with Crippen molar-refractivity contribution in [2.45, 2.75) is 32.4 Å². The second kappa shape index (κ2) is 15.7. The van der Waals surface area contributed by atoms with Gasteiger partial charge in [-0.2, -0.15) is 0 Å². The summed E-state index contributed by atoms with van der Waals surface area (Å²) in [6.45, 7) is 8.19. The largest absolute Gasteiger partial charge is 0.492 e. The number of ether oxygens (including phenoxy) is 3. The second-order valence-electron chi connectivity index (χ2n) is 6.93. The molecule has 0 saturated carbocycles. The maximum atomic E-state index is 5.97. The molecule has 1 aliphatic heterocycles. The van der Waals surface area contributed by atoms with Crippen LogP contribution in [0.1, 0.15) is 25.3 Å². The van der Waals surface area contributed by atoms with E-state index in [1.54, 1.807) is 7.11 Å². The van der Waals surface area contributed by atoms with Gasteiger partial charge >= 0.3 is 0 Å². The Labute approximate surface area is 192 Å². The Bertz CT molecular complexity index is 583. The molecule has 1 saturated heterocycles. The zero-order valence-electron chi connectivity index (χ0n) is 18.0. The first-order valence-corrected chi connectivity index (χ1v) is 10.2. The molecule has 0 unspecified atom stereocenters. The van der Waals surface area contributed by atoms with Gasteiger partial charge < -0.3 is 24.8 Å². The molecule has 7 nitrogen and oxygen atoms in total. The van der Waals surface area contributed by atoms with Gasteiger partial charge in [-0.1, -0.05) is 12.1 Å². The minimum Gasteiger partial charge on any atom is -0.492 e. The van der Waals surface area contributed by atoms with E-state index in [0.29, 0.717) is 25.8 Å². The lowest BCUT2D eigenvalue weighted by molar-refractivity contribution is 0.0392. The van der Waals surface area contributed by atoms with Crippen LogP contribution in [-0.2, 0) is 16.0 Å². The SMILES string of the molecule is CCNC(=NCc1cccc(OCCN(C)C2CCOCC2)c1)NCCOC.I. The van der Waals surface area contributed by atoms with Gasteiger partial charge in [0.15, 0.2) is 5.96 Å². The number of benzene rings is 1. The molecule has 0 bridgehead atoms. The van der Waals surface area contributed by atoms with Crippen molar-refractivity contribution in [3.05, 3.63) is 29.8 Å². The monoisotopic (exact) mass is 520 g/mol. The summed E-state index contributed by atoms with van der Waals surface area (Å²) in [5.41, 5.74) is 1.12. The smallest absolute Gasteiger partial charge is 0.191 e. The third-order valence-corrected chi connectivity index (χ3v) is 4.79. The standard InChI is InChI=1S/C21H36N4O3.HI/c1-4-22-21(23-10-14-26-3)24-17-18-6-5-7-20(16-18)28-15-11-25(2)19-8-12-27-13-9-19;/h5-7,16,19H,4,8-15,17H2,1-3H3,(H2,22,23,24);1H. The predicted octanol–water partition coefficient (Wildman–Crippen LogP) is 2.50.